The van der Waals surface area contributed by atoms with Gasteiger partial charge in [0.05, 0.1) is 23.7 Å². The van der Waals surface area contributed by atoms with E-state index in [0.29, 0.717) is 18.3 Å². The molecule has 0 amide bonds. The minimum Gasteiger partial charge on any atom is -0.0622 e. The number of carbonyl (C=O) groups is 2. The first kappa shape index (κ1) is 109. The zero-order valence-corrected chi connectivity index (χ0v) is 77.8. The van der Waals surface area contributed by atoms with Crippen molar-refractivity contribution in [2.45, 2.75) is 63.4 Å². The van der Waals surface area contributed by atoms with Crippen LogP contribution in [0.3, 0.4) is 0 Å². The summed E-state index contributed by atoms with van der Waals surface area (Å²) in [4.78, 5) is 24.1. The first-order chi connectivity index (χ1) is 59.7. The van der Waals surface area contributed by atoms with Gasteiger partial charge in [-0.05, 0) is 124 Å². The number of rotatable bonds is 14. The Morgan fingerprint density at radius 2 is 0.444 bits per heavy atom. The Bertz CT molecular complexity index is 4540. The molecule has 16 rings (SSSR count). The maximum absolute atomic E-state index is 12.0. The van der Waals surface area contributed by atoms with E-state index in [1.165, 1.54) is 113 Å². The van der Waals surface area contributed by atoms with Gasteiger partial charge in [-0.15, -0.1) is 0 Å². The third-order valence-corrected chi connectivity index (χ3v) is 28.9. The molecule has 0 N–H and O–H groups in total. The number of hydrogen-bond donors (Lipinski definition) is 0. The van der Waals surface area contributed by atoms with Gasteiger partial charge >= 0.3 is 88.6 Å². The molecule has 0 unspecified atom stereocenters. The molecule has 28 heteroatoms. The fourth-order valence-corrected chi connectivity index (χ4v) is 23.0. The standard InChI is InChI=1S/4C18H15P.C16H14O2.2C2H3N.2CHF3O3S.2CO.2ClH.2Ir/c4*1-4-10-16(11-5-1)19(17-12-6-2-7-13-17)18-14-8-3-9-15-18;1-3-13(17)15-6-11-5-12(7-15)9-16(8-11,10-15)14(18)4-2;2*1-2-3;2*2-1(3,4)8(5,6)7;2*1-2;;;;/h4*1-15H;11-12H,5-10H2;2*1H3;2*(H,5,6,7);;;2*1H;;/q;;;;-2;;;;;;;;;2*+3/p-4. The molecule has 12 nitrogen and oxygen atoms in total. The first-order valence-electron chi connectivity index (χ1n) is 36.7. The summed E-state index contributed by atoms with van der Waals surface area (Å²) in [6, 6.07) is 133. The number of benzene rings is 12. The van der Waals surface area contributed by atoms with E-state index in [9.17, 15) is 35.9 Å². The molecule has 0 spiro atoms. The molecule has 0 heterocycles. The molecule has 0 saturated heterocycles. The zero-order chi connectivity index (χ0) is 92.0. The molecule has 0 radical (unpaired) electrons. The minimum atomic E-state index is -6.09. The fraction of sp³-hybridized carbons (Fsp3) is 0.146. The molecule has 12 aromatic rings. The SMILES string of the molecule is CC#N.CC#N.O=S(=O)([O-])C(F)(F)F.O=S(=O)([O-])C(F)(F)F.[C-]#CC(=O)C12CC3CC(C1)CC(C(=O)C#[C-])(C3)C2.[C-]#[O+].[C-]#[O+].[Cl][Ir+2].[Cl][Ir+2].c1ccc(P(c2ccccc2)c2ccccc2)cc1.c1ccc(P(c2ccccc2)c2ccccc2)cc1.c1ccc(P(c2ccccc2)c2ccccc2)cc1.c1ccc(P(c2ccccc2)c2ccccc2)cc1. The van der Waals surface area contributed by atoms with Crippen LogP contribution < -0.4 is 63.7 Å². The van der Waals surface area contributed by atoms with Gasteiger partial charge in [-0.2, -0.15) is 36.9 Å². The van der Waals surface area contributed by atoms with Crippen LogP contribution in [0, 0.1) is 83.3 Å². The Morgan fingerprint density at radius 1 is 0.339 bits per heavy atom. The summed E-state index contributed by atoms with van der Waals surface area (Å²) >= 11 is 2.94. The molecule has 0 atom stereocenters. The average molecular weight is 2180 g/mol. The van der Waals surface area contributed by atoms with Crippen LogP contribution in [-0.4, -0.2) is 48.5 Å². The number of hydrogen-bond acceptors (Lipinski definition) is 10. The molecule has 640 valence electrons. The molecule has 4 bridgehead atoms. The van der Waals surface area contributed by atoms with Gasteiger partial charge in [0.2, 0.25) is 0 Å². The van der Waals surface area contributed by atoms with Crippen molar-refractivity contribution >= 4 is 146 Å². The topological polar surface area (TPSA) is 236 Å². The molecule has 0 aromatic heterocycles. The van der Waals surface area contributed by atoms with Gasteiger partial charge in [0, 0.05) is 13.8 Å². The Labute approximate surface area is 757 Å². The summed E-state index contributed by atoms with van der Waals surface area (Å²) in [7, 11) is -4.69. The molecule has 124 heavy (non-hydrogen) atoms. The van der Waals surface area contributed by atoms with Gasteiger partial charge in [-0.1, -0.05) is 396 Å². The Kier molecular flexibility index (Phi) is 51.5. The maximum atomic E-state index is 12.0. The second-order valence-corrected chi connectivity index (χ2v) is 37.7. The van der Waals surface area contributed by atoms with Gasteiger partial charge < -0.3 is 31.5 Å². The van der Waals surface area contributed by atoms with Crippen LogP contribution in [0.5, 0.6) is 0 Å². The van der Waals surface area contributed by atoms with Gasteiger partial charge in [-0.25, -0.2) is 16.8 Å². The van der Waals surface area contributed by atoms with Crippen molar-refractivity contribution in [1.29, 1.82) is 10.5 Å². The van der Waals surface area contributed by atoms with E-state index in [4.69, 9.17) is 58.6 Å². The second-order valence-electron chi connectivity index (χ2n) is 26.0. The van der Waals surface area contributed by atoms with Gasteiger partial charge in [-0.3, -0.25) is 11.8 Å². The van der Waals surface area contributed by atoms with Crippen molar-refractivity contribution in [3.63, 3.8) is 0 Å². The van der Waals surface area contributed by atoms with Crippen LogP contribution in [0.1, 0.15) is 52.4 Å². The minimum absolute atomic E-state index is 0.237. The number of alkyl halides is 6. The Morgan fingerprint density at radius 3 is 0.532 bits per heavy atom. The van der Waals surface area contributed by atoms with Crippen molar-refractivity contribution in [2.24, 2.45) is 22.7 Å². The number of nitrogens with zero attached hydrogens (tertiary/aromatic N) is 2. The molecule has 4 aliphatic rings. The molecular weight excluding hydrogens is 2100 g/mol. The van der Waals surface area contributed by atoms with Crippen molar-refractivity contribution in [3.8, 4) is 24.0 Å². The van der Waals surface area contributed by atoms with E-state index in [0.717, 1.165) is 32.1 Å². The molecule has 12 aromatic carbocycles. The number of carbonyl (C=O) groups excluding carboxylic acids is 2. The van der Waals surface area contributed by atoms with Crippen molar-refractivity contribution in [3.05, 3.63) is 390 Å². The third-order valence-electron chi connectivity index (χ3n) is 18.0. The quantitative estimate of drug-likeness (QED) is 0.0190. The fourth-order valence-electron chi connectivity index (χ4n) is 13.8. The Hall–Kier alpha value is -9.44. The predicted octanol–water partition coefficient (Wildman–Crippen LogP) is 18.1. The van der Waals surface area contributed by atoms with Crippen LogP contribution in [0.2, 0.25) is 0 Å². The average Bonchev–Trinajstić information content (AvgIpc) is 0.711. The van der Waals surface area contributed by atoms with E-state index in [-0.39, 0.29) is 11.6 Å². The summed E-state index contributed by atoms with van der Waals surface area (Å²) in [5.74, 6) is 4.39. The molecule has 0 aliphatic heterocycles. The van der Waals surface area contributed by atoms with E-state index >= 15 is 0 Å². The molecular formula is C96H80Cl2F6Ir2N2O10P4S2. The summed E-state index contributed by atoms with van der Waals surface area (Å²) < 4.78 is 133. The van der Waals surface area contributed by atoms with E-state index in [1.54, 1.807) is 12.1 Å². The molecule has 4 aliphatic carbocycles. The van der Waals surface area contributed by atoms with Crippen molar-refractivity contribution in [1.82, 2.24) is 0 Å². The van der Waals surface area contributed by atoms with E-state index in [1.807, 2.05) is 11.8 Å². The van der Waals surface area contributed by atoms with Crippen LogP contribution >= 0.6 is 50.9 Å². The van der Waals surface area contributed by atoms with E-state index in [2.05, 4.69) is 396 Å². The number of nitriles is 2. The maximum Gasteiger partial charge on any atom is -0.0134 e. The monoisotopic (exact) mass is 2180 g/mol. The zero-order valence-electron chi connectivity index (χ0n) is 66.3. The summed E-state index contributed by atoms with van der Waals surface area (Å²) in [6.07, 6.45) is 19.1. The molecule has 4 fully saturated rings. The predicted molar refractivity (Wildman–Crippen MR) is 478 cm³/mol. The van der Waals surface area contributed by atoms with Gasteiger partial charge in [0.15, 0.2) is 20.2 Å². The normalized spacial score (nSPS) is 15.0. The number of halogens is 8. The van der Waals surface area contributed by atoms with Crippen LogP contribution in [0.25, 0.3) is 0 Å². The first-order valence-corrected chi connectivity index (χ1v) is 50.9. The largest absolute Gasteiger partial charge is 0.0622 e. The smallest absolute Gasteiger partial charge is 0.0134 e. The van der Waals surface area contributed by atoms with Crippen LogP contribution in [0.15, 0.2) is 364 Å². The van der Waals surface area contributed by atoms with Crippen molar-refractivity contribution in [2.75, 3.05) is 0 Å². The van der Waals surface area contributed by atoms with Gasteiger partial charge in [0.1, 0.15) is 0 Å². The number of Topliss-reactive ketones (excluding diaryl/α,β-unsaturated/α-hetero) is 2. The van der Waals surface area contributed by atoms with Gasteiger partial charge in [0.25, 0.3) is 0 Å². The Balaban J connectivity index is 0.000000370. The van der Waals surface area contributed by atoms with Crippen LogP contribution in [-0.2, 0) is 74.9 Å². The van der Waals surface area contributed by atoms with Crippen LogP contribution in [0.4, 0.5) is 26.3 Å². The van der Waals surface area contributed by atoms with Crippen molar-refractivity contribution < 1.29 is 107 Å². The third kappa shape index (κ3) is 35.5. The van der Waals surface area contributed by atoms with E-state index < -0.39 is 73.8 Å². The summed E-state index contributed by atoms with van der Waals surface area (Å²) in [5, 5.41) is 31.4. The number of ketones is 2. The second kappa shape index (κ2) is 58.7. The molecule has 4 saturated carbocycles. The summed E-state index contributed by atoms with van der Waals surface area (Å²) in [6.45, 7) is 11.9. The summed E-state index contributed by atoms with van der Waals surface area (Å²) in [5.41, 5.74) is -12.4.